The normalized spacial score (nSPS) is 10.8. The van der Waals surface area contributed by atoms with Crippen molar-refractivity contribution in [1.29, 1.82) is 0 Å². The fourth-order valence-corrected chi connectivity index (χ4v) is 3.19. The van der Waals surface area contributed by atoms with Gasteiger partial charge >= 0.3 is 0 Å². The van der Waals surface area contributed by atoms with E-state index in [1.54, 1.807) is 11.3 Å². The van der Waals surface area contributed by atoms with Crippen LogP contribution in [0.25, 0.3) is 21.7 Å². The van der Waals surface area contributed by atoms with E-state index in [-0.39, 0.29) is 0 Å². The number of nitrogens with zero attached hydrogens (tertiary/aromatic N) is 1. The van der Waals surface area contributed by atoms with Gasteiger partial charge in [0.15, 0.2) is 5.82 Å². The Kier molecular flexibility index (Phi) is 3.51. The lowest BCUT2D eigenvalue weighted by Crippen LogP contribution is -1.87. The Hall–Kier alpha value is -1.05. The van der Waals surface area contributed by atoms with Gasteiger partial charge in [0, 0.05) is 14.0 Å². The molecule has 0 saturated carbocycles. The molecule has 0 aliphatic heterocycles. The van der Waals surface area contributed by atoms with Crippen LogP contribution in [0.1, 0.15) is 0 Å². The number of thiophene rings is 1. The first-order valence-corrected chi connectivity index (χ1v) is 7.83. The number of nitrogens with one attached hydrogen (secondary N) is 1. The van der Waals surface area contributed by atoms with Crippen LogP contribution in [0.4, 0.5) is 5.82 Å². The Morgan fingerprint density at radius 1 is 1.32 bits per heavy atom. The van der Waals surface area contributed by atoms with Gasteiger partial charge in [-0.15, -0.1) is 11.3 Å². The summed E-state index contributed by atoms with van der Waals surface area (Å²) in [4.78, 5) is 1.09. The number of aromatic nitrogens is 2. The highest BCUT2D eigenvalue weighted by Gasteiger charge is 2.16. The minimum atomic E-state index is 0.507. The lowest BCUT2D eigenvalue weighted by atomic mass is 10.1. The number of benzene rings is 1. The fraction of sp³-hybridized carbons (Fsp3) is 0. The first-order valence-electron chi connectivity index (χ1n) is 5.50. The van der Waals surface area contributed by atoms with Gasteiger partial charge in [-0.1, -0.05) is 23.7 Å². The van der Waals surface area contributed by atoms with Crippen LogP contribution < -0.4 is 5.73 Å². The second kappa shape index (κ2) is 5.15. The van der Waals surface area contributed by atoms with Crippen LogP contribution in [0.2, 0.25) is 5.02 Å². The predicted octanol–water partition coefficient (Wildman–Crippen LogP) is 4.65. The molecule has 19 heavy (non-hydrogen) atoms. The molecule has 0 fully saturated rings. The van der Waals surface area contributed by atoms with E-state index < -0.39 is 0 Å². The fourth-order valence-electron chi connectivity index (χ4n) is 1.89. The molecule has 6 heteroatoms. The van der Waals surface area contributed by atoms with Crippen molar-refractivity contribution >= 4 is 51.3 Å². The molecule has 1 aromatic carbocycles. The highest BCUT2D eigenvalue weighted by molar-refractivity contribution is 14.1. The Morgan fingerprint density at radius 3 is 2.84 bits per heavy atom. The number of halogens is 2. The van der Waals surface area contributed by atoms with Crippen molar-refractivity contribution in [3.63, 3.8) is 0 Å². The molecule has 3 N–H and O–H groups in total. The average Bonchev–Trinajstić information content (AvgIpc) is 3.01. The molecule has 0 aliphatic rings. The molecule has 3 rings (SSSR count). The standard InChI is InChI=1S/C13H9ClIN3S/c14-8-6-7(3-4-9(8)15)12-11(13(16)18-17-12)10-2-1-5-19-10/h1-6H,(H3,16,17,18). The van der Waals surface area contributed by atoms with Crippen molar-refractivity contribution in [1.82, 2.24) is 10.2 Å². The maximum Gasteiger partial charge on any atom is 0.154 e. The SMILES string of the molecule is Nc1n[nH]c(-c2ccc(I)c(Cl)c2)c1-c1cccs1. The number of hydrogen-bond donors (Lipinski definition) is 2. The van der Waals surface area contributed by atoms with Crippen LogP contribution in [0.3, 0.4) is 0 Å². The summed E-state index contributed by atoms with van der Waals surface area (Å²) in [6.07, 6.45) is 0. The van der Waals surface area contributed by atoms with Gasteiger partial charge in [-0.3, -0.25) is 5.10 Å². The van der Waals surface area contributed by atoms with E-state index in [9.17, 15) is 0 Å². The summed E-state index contributed by atoms with van der Waals surface area (Å²) < 4.78 is 1.02. The number of nitrogen functional groups attached to an aromatic ring is 1. The number of aromatic amines is 1. The zero-order chi connectivity index (χ0) is 13.4. The third-order valence-electron chi connectivity index (χ3n) is 2.77. The van der Waals surface area contributed by atoms with Gasteiger partial charge in [0.1, 0.15) is 0 Å². The van der Waals surface area contributed by atoms with E-state index in [1.807, 2.05) is 35.7 Å². The minimum absolute atomic E-state index is 0.507. The van der Waals surface area contributed by atoms with Crippen molar-refractivity contribution in [2.24, 2.45) is 0 Å². The first kappa shape index (κ1) is 13.0. The summed E-state index contributed by atoms with van der Waals surface area (Å²) in [6, 6.07) is 9.94. The average molecular weight is 402 g/mol. The zero-order valence-electron chi connectivity index (χ0n) is 9.65. The van der Waals surface area contributed by atoms with E-state index in [2.05, 4.69) is 32.8 Å². The smallest absolute Gasteiger partial charge is 0.154 e. The van der Waals surface area contributed by atoms with Crippen LogP contribution in [0.5, 0.6) is 0 Å². The van der Waals surface area contributed by atoms with E-state index >= 15 is 0 Å². The van der Waals surface area contributed by atoms with E-state index in [0.29, 0.717) is 5.82 Å². The van der Waals surface area contributed by atoms with Crippen LogP contribution in [-0.4, -0.2) is 10.2 Å². The molecule has 2 aromatic heterocycles. The monoisotopic (exact) mass is 401 g/mol. The molecule has 3 aromatic rings. The molecular formula is C13H9ClIN3S. The second-order valence-corrected chi connectivity index (χ2v) is 6.48. The maximum absolute atomic E-state index is 6.18. The van der Waals surface area contributed by atoms with E-state index in [0.717, 1.165) is 30.3 Å². The molecule has 0 aliphatic carbocycles. The molecule has 0 unspecified atom stereocenters. The van der Waals surface area contributed by atoms with Crippen LogP contribution in [-0.2, 0) is 0 Å². The van der Waals surface area contributed by atoms with Gasteiger partial charge in [0.2, 0.25) is 0 Å². The van der Waals surface area contributed by atoms with E-state index in [4.69, 9.17) is 17.3 Å². The van der Waals surface area contributed by atoms with Crippen LogP contribution in [0, 0.1) is 3.57 Å². The number of hydrogen-bond acceptors (Lipinski definition) is 3. The molecule has 0 bridgehead atoms. The summed E-state index contributed by atoms with van der Waals surface area (Å²) in [5.74, 6) is 0.507. The Labute approximate surface area is 132 Å². The molecule has 0 atom stereocenters. The molecule has 0 spiro atoms. The molecule has 2 heterocycles. The maximum atomic E-state index is 6.18. The highest BCUT2D eigenvalue weighted by Crippen LogP contribution is 2.38. The summed E-state index contributed by atoms with van der Waals surface area (Å²) in [5, 5.41) is 9.86. The molecule has 0 saturated heterocycles. The largest absolute Gasteiger partial charge is 0.382 e. The minimum Gasteiger partial charge on any atom is -0.382 e. The number of H-pyrrole nitrogens is 1. The van der Waals surface area contributed by atoms with Gasteiger partial charge in [-0.05, 0) is 46.2 Å². The van der Waals surface area contributed by atoms with Crippen LogP contribution in [0.15, 0.2) is 35.7 Å². The number of rotatable bonds is 2. The van der Waals surface area contributed by atoms with E-state index in [1.165, 1.54) is 0 Å². The second-order valence-electron chi connectivity index (χ2n) is 3.97. The van der Waals surface area contributed by atoms with Crippen LogP contribution >= 0.6 is 45.5 Å². The third kappa shape index (κ3) is 2.37. The quantitative estimate of drug-likeness (QED) is 0.614. The number of nitrogens with two attached hydrogens (primary N) is 1. The first-order chi connectivity index (χ1) is 9.16. The van der Waals surface area contributed by atoms with Gasteiger partial charge < -0.3 is 5.73 Å². The van der Waals surface area contributed by atoms with Gasteiger partial charge in [-0.25, -0.2) is 0 Å². The Morgan fingerprint density at radius 2 is 2.16 bits per heavy atom. The summed E-state index contributed by atoms with van der Waals surface area (Å²) >= 11 is 10.0. The summed E-state index contributed by atoms with van der Waals surface area (Å²) in [7, 11) is 0. The molecule has 3 nitrogen and oxygen atoms in total. The Bertz CT molecular complexity index is 722. The lowest BCUT2D eigenvalue weighted by Gasteiger charge is -2.04. The van der Waals surface area contributed by atoms with Crippen molar-refractivity contribution < 1.29 is 0 Å². The third-order valence-corrected chi connectivity index (χ3v) is 5.23. The van der Waals surface area contributed by atoms with Crippen molar-refractivity contribution in [2.45, 2.75) is 0 Å². The zero-order valence-corrected chi connectivity index (χ0v) is 13.4. The molecule has 0 amide bonds. The molecular weight excluding hydrogens is 393 g/mol. The van der Waals surface area contributed by atoms with Crippen molar-refractivity contribution in [3.05, 3.63) is 44.3 Å². The van der Waals surface area contributed by atoms with Gasteiger partial charge in [0.05, 0.1) is 16.3 Å². The lowest BCUT2D eigenvalue weighted by molar-refractivity contribution is 1.10. The predicted molar refractivity (Wildman–Crippen MR) is 89.5 cm³/mol. The highest BCUT2D eigenvalue weighted by atomic mass is 127. The summed E-state index contributed by atoms with van der Waals surface area (Å²) in [6.45, 7) is 0. The van der Waals surface area contributed by atoms with Gasteiger partial charge in [0.25, 0.3) is 0 Å². The molecule has 96 valence electrons. The van der Waals surface area contributed by atoms with Gasteiger partial charge in [-0.2, -0.15) is 5.10 Å². The van der Waals surface area contributed by atoms with Crippen molar-refractivity contribution in [2.75, 3.05) is 5.73 Å². The Balaban J connectivity index is 2.18. The topological polar surface area (TPSA) is 54.7 Å². The van der Waals surface area contributed by atoms with Crippen molar-refractivity contribution in [3.8, 4) is 21.7 Å². The number of anilines is 1. The summed E-state index contributed by atoms with van der Waals surface area (Å²) in [5.41, 5.74) is 8.79. The molecule has 0 radical (unpaired) electrons.